The number of anilines is 1. The molecule has 0 saturated heterocycles. The molecule has 0 amide bonds. The molecule has 0 aliphatic carbocycles. The predicted molar refractivity (Wildman–Crippen MR) is 151 cm³/mol. The fourth-order valence-corrected chi connectivity index (χ4v) is 6.48. The maximum absolute atomic E-state index is 13.9. The van der Waals surface area contributed by atoms with Crippen molar-refractivity contribution in [3.63, 3.8) is 0 Å². The average molecular weight is 547 g/mol. The lowest BCUT2D eigenvalue weighted by Crippen LogP contribution is -2.47. The number of aromatic nitrogens is 2. The summed E-state index contributed by atoms with van der Waals surface area (Å²) in [6.45, 7) is 8.35. The van der Waals surface area contributed by atoms with Crippen LogP contribution >= 0.6 is 11.8 Å². The van der Waals surface area contributed by atoms with E-state index in [-0.39, 0.29) is 18.6 Å². The fourth-order valence-electron chi connectivity index (χ4n) is 5.89. The van der Waals surface area contributed by atoms with Crippen LogP contribution in [0.15, 0.2) is 34.1 Å². The van der Waals surface area contributed by atoms with Crippen molar-refractivity contribution in [3.05, 3.63) is 51.3 Å². The Labute approximate surface area is 230 Å². The predicted octanol–water partition coefficient (Wildman–Crippen LogP) is 4.87. The van der Waals surface area contributed by atoms with Crippen LogP contribution in [0.3, 0.4) is 0 Å². The third-order valence-corrected chi connectivity index (χ3v) is 8.45. The maximum Gasteiger partial charge on any atom is 0.355 e. The highest BCUT2D eigenvalue weighted by Crippen LogP contribution is 2.48. The van der Waals surface area contributed by atoms with Gasteiger partial charge in [-0.2, -0.15) is 0 Å². The highest BCUT2D eigenvalue weighted by molar-refractivity contribution is 8.13. The number of cyclic esters (lactones) is 1. The number of nitrogens with zero attached hydrogens (tertiary/aromatic N) is 4. The van der Waals surface area contributed by atoms with Gasteiger partial charge in [0.15, 0.2) is 5.17 Å². The van der Waals surface area contributed by atoms with Crippen LogP contribution < -0.4 is 10.5 Å². The molecule has 3 aliphatic rings. The van der Waals surface area contributed by atoms with Gasteiger partial charge in [-0.3, -0.25) is 9.59 Å². The molecule has 10 heteroatoms. The molecule has 0 fully saturated rings. The molecule has 2 aromatic heterocycles. The standard InChI is InChI=1S/C29H30N4O5S/c1-6-29(38-16(4)34)19-12-22-24-17(13-33(22)26(35)18(19)14-37-27(29)36)25-23-20(30-24)8-7-9-21(23)31-28(39-5)32(25)11-10-15(2)3/h7-9,12,15H,6,10-11,13-14H2,1-5H3/t29-/m0/s1. The summed E-state index contributed by atoms with van der Waals surface area (Å²) in [7, 11) is 0. The number of hydrogen-bond donors (Lipinski definition) is 0. The first-order chi connectivity index (χ1) is 18.7. The second-order valence-electron chi connectivity index (χ2n) is 10.6. The van der Waals surface area contributed by atoms with Crippen molar-refractivity contribution >= 4 is 51.1 Å². The summed E-state index contributed by atoms with van der Waals surface area (Å²) < 4.78 is 12.7. The van der Waals surface area contributed by atoms with Crippen LogP contribution in [0.4, 0.5) is 11.4 Å². The van der Waals surface area contributed by atoms with Gasteiger partial charge in [0.1, 0.15) is 6.61 Å². The van der Waals surface area contributed by atoms with Crippen LogP contribution in [0.1, 0.15) is 57.2 Å². The van der Waals surface area contributed by atoms with E-state index in [4.69, 9.17) is 19.5 Å². The number of pyridine rings is 2. The molecule has 0 radical (unpaired) electrons. The summed E-state index contributed by atoms with van der Waals surface area (Å²) in [4.78, 5) is 51.3. The Morgan fingerprint density at radius 2 is 2.05 bits per heavy atom. The topological polar surface area (TPSA) is 103 Å². The van der Waals surface area contributed by atoms with Crippen LogP contribution in [0, 0.1) is 5.92 Å². The first kappa shape index (κ1) is 25.6. The molecule has 9 nitrogen and oxygen atoms in total. The minimum Gasteiger partial charge on any atom is -0.457 e. The first-order valence-electron chi connectivity index (χ1n) is 13.2. The molecule has 6 rings (SSSR count). The second-order valence-corrected chi connectivity index (χ2v) is 11.3. The van der Waals surface area contributed by atoms with Crippen LogP contribution in [-0.2, 0) is 37.8 Å². The van der Waals surface area contributed by atoms with Gasteiger partial charge in [-0.1, -0.05) is 38.6 Å². The SMILES string of the molecule is CC[C@@]1(OC(C)=O)C(=O)OCc2c1cc1n(c2=O)Cc2c-1nc1cccc3c1c2N(CCC(C)C)C(SC)=N3. The monoisotopic (exact) mass is 546 g/mol. The molecule has 0 unspecified atom stereocenters. The average Bonchev–Trinajstić information content (AvgIpc) is 3.28. The highest BCUT2D eigenvalue weighted by Gasteiger charge is 2.50. The Hall–Kier alpha value is -3.66. The lowest BCUT2D eigenvalue weighted by atomic mass is 9.85. The molecule has 0 saturated carbocycles. The summed E-state index contributed by atoms with van der Waals surface area (Å²) in [6, 6.07) is 7.71. The summed E-state index contributed by atoms with van der Waals surface area (Å²) in [6.07, 6.45) is 3.14. The summed E-state index contributed by atoms with van der Waals surface area (Å²) in [5, 5.41) is 1.88. The third kappa shape index (κ3) is 3.71. The van der Waals surface area contributed by atoms with Crippen LogP contribution in [0.25, 0.3) is 22.3 Å². The quantitative estimate of drug-likeness (QED) is 0.327. The number of esters is 2. The van der Waals surface area contributed by atoms with Crippen molar-refractivity contribution < 1.29 is 19.1 Å². The molecule has 3 aliphatic heterocycles. The minimum atomic E-state index is -1.67. The largest absolute Gasteiger partial charge is 0.457 e. The van der Waals surface area contributed by atoms with E-state index in [1.807, 2.05) is 24.5 Å². The van der Waals surface area contributed by atoms with E-state index in [9.17, 15) is 14.4 Å². The molecule has 0 bridgehead atoms. The first-order valence-corrected chi connectivity index (χ1v) is 14.4. The van der Waals surface area contributed by atoms with Gasteiger partial charge in [0, 0.05) is 24.6 Å². The van der Waals surface area contributed by atoms with E-state index >= 15 is 0 Å². The van der Waals surface area contributed by atoms with Gasteiger partial charge in [0.25, 0.3) is 5.56 Å². The maximum atomic E-state index is 13.9. The molecular weight excluding hydrogens is 516 g/mol. The van der Waals surface area contributed by atoms with Crippen molar-refractivity contribution in [2.24, 2.45) is 10.9 Å². The van der Waals surface area contributed by atoms with Gasteiger partial charge in [0.2, 0.25) is 5.60 Å². The molecule has 1 aromatic carbocycles. The second kappa shape index (κ2) is 9.22. The van der Waals surface area contributed by atoms with Gasteiger partial charge in [0.05, 0.1) is 45.8 Å². The fraction of sp³-hybridized carbons (Fsp3) is 0.414. The van der Waals surface area contributed by atoms with Crippen molar-refractivity contribution in [1.82, 2.24) is 9.55 Å². The summed E-state index contributed by atoms with van der Waals surface area (Å²) in [5.41, 5.74) is 3.71. The minimum absolute atomic E-state index is 0.143. The number of rotatable bonds is 5. The van der Waals surface area contributed by atoms with Gasteiger partial charge in [-0.25, -0.2) is 14.8 Å². The number of ether oxygens (including phenoxy) is 2. The van der Waals surface area contributed by atoms with Crippen LogP contribution in [0.2, 0.25) is 0 Å². The van der Waals surface area contributed by atoms with Crippen molar-refractivity contribution in [1.29, 1.82) is 0 Å². The van der Waals surface area contributed by atoms with E-state index < -0.39 is 17.5 Å². The number of fused-ring (bicyclic) bond motifs is 5. The Balaban J connectivity index is 1.62. The van der Waals surface area contributed by atoms with E-state index in [0.29, 0.717) is 35.0 Å². The third-order valence-electron chi connectivity index (χ3n) is 7.78. The highest BCUT2D eigenvalue weighted by atomic mass is 32.2. The van der Waals surface area contributed by atoms with E-state index in [2.05, 4.69) is 18.7 Å². The molecule has 5 heterocycles. The van der Waals surface area contributed by atoms with Crippen molar-refractivity contribution in [2.75, 3.05) is 17.7 Å². The molecule has 39 heavy (non-hydrogen) atoms. The smallest absolute Gasteiger partial charge is 0.355 e. The van der Waals surface area contributed by atoms with Gasteiger partial charge in [-0.05, 0) is 43.2 Å². The Kier molecular flexibility index (Phi) is 6.05. The number of thioether (sulfide) groups is 1. The number of hydrogen-bond acceptors (Lipinski definition) is 9. The summed E-state index contributed by atoms with van der Waals surface area (Å²) >= 11 is 1.60. The van der Waals surface area contributed by atoms with Crippen LogP contribution in [-0.4, -0.2) is 39.5 Å². The number of carbonyl (C=O) groups excluding carboxylic acids is 2. The number of aliphatic imine (C=N–C) groups is 1. The Morgan fingerprint density at radius 3 is 2.74 bits per heavy atom. The zero-order valence-corrected chi connectivity index (χ0v) is 23.5. The van der Waals surface area contributed by atoms with Gasteiger partial charge < -0.3 is 18.9 Å². The molecule has 1 atom stereocenters. The lowest BCUT2D eigenvalue weighted by Gasteiger charge is -2.35. The normalized spacial score (nSPS) is 19.0. The molecule has 3 aromatic rings. The Bertz CT molecular complexity index is 1660. The zero-order valence-electron chi connectivity index (χ0n) is 22.7. The lowest BCUT2D eigenvalue weighted by molar-refractivity contribution is -0.188. The Morgan fingerprint density at radius 1 is 1.26 bits per heavy atom. The molecule has 202 valence electrons. The van der Waals surface area contributed by atoms with Gasteiger partial charge in [-0.15, -0.1) is 0 Å². The van der Waals surface area contributed by atoms with Gasteiger partial charge >= 0.3 is 11.9 Å². The van der Waals surface area contributed by atoms with E-state index in [0.717, 1.165) is 46.0 Å². The number of amidine groups is 1. The zero-order chi connectivity index (χ0) is 27.6. The number of benzene rings is 1. The van der Waals surface area contributed by atoms with Crippen LogP contribution in [0.5, 0.6) is 0 Å². The van der Waals surface area contributed by atoms with E-state index in [1.54, 1.807) is 29.3 Å². The van der Waals surface area contributed by atoms with Crippen molar-refractivity contribution in [3.8, 4) is 11.4 Å². The van der Waals surface area contributed by atoms with Crippen molar-refractivity contribution in [2.45, 2.75) is 59.3 Å². The number of carbonyl (C=O) groups is 2. The summed E-state index contributed by atoms with van der Waals surface area (Å²) in [5.74, 6) is -0.779. The van der Waals surface area contributed by atoms with E-state index in [1.165, 1.54) is 6.92 Å². The molecule has 0 spiro atoms. The molecule has 0 N–H and O–H groups in total. The molecular formula is C29H30N4O5S.